The lowest BCUT2D eigenvalue weighted by Crippen LogP contribution is -2.17. The molecule has 110 valence electrons. The van der Waals surface area contributed by atoms with Crippen LogP contribution in [0.1, 0.15) is 10.4 Å². The first kappa shape index (κ1) is 15.3. The molecule has 8 heteroatoms. The highest BCUT2D eigenvalue weighted by Gasteiger charge is 2.12. The van der Waals surface area contributed by atoms with E-state index in [-0.39, 0.29) is 22.9 Å². The Bertz CT molecular complexity index is 688. The van der Waals surface area contributed by atoms with Gasteiger partial charge in [0.25, 0.3) is 5.91 Å². The third-order valence-corrected chi connectivity index (χ3v) is 4.35. The topological polar surface area (TPSA) is 98.2 Å². The smallest absolute Gasteiger partial charge is 0.251 e. The minimum absolute atomic E-state index is 0.0634. The molecule has 1 aromatic carbocycles. The second-order valence-corrected chi connectivity index (χ2v) is 6.01. The van der Waals surface area contributed by atoms with Crippen LogP contribution >= 0.6 is 23.1 Å². The Morgan fingerprint density at radius 2 is 2.10 bits per heavy atom. The number of hydrogen-bond acceptors (Lipinski definition) is 5. The zero-order chi connectivity index (χ0) is 15.4. The van der Waals surface area contributed by atoms with Gasteiger partial charge in [0.1, 0.15) is 10.8 Å². The van der Waals surface area contributed by atoms with Crippen LogP contribution in [0.3, 0.4) is 0 Å². The molecule has 0 bridgehead atoms. The van der Waals surface area contributed by atoms with Gasteiger partial charge in [0.15, 0.2) is 0 Å². The van der Waals surface area contributed by atoms with E-state index in [1.807, 2.05) is 0 Å². The van der Waals surface area contributed by atoms with Gasteiger partial charge in [-0.1, -0.05) is 0 Å². The molecule has 5 nitrogen and oxygen atoms in total. The van der Waals surface area contributed by atoms with Crippen LogP contribution in [-0.4, -0.2) is 17.6 Å². The molecule has 0 unspecified atom stereocenters. The summed E-state index contributed by atoms with van der Waals surface area (Å²) in [4.78, 5) is 23.5. The number of thioether (sulfide) groups is 1. The lowest BCUT2D eigenvalue weighted by Gasteiger charge is -2.05. The number of nitrogens with two attached hydrogens (primary N) is 2. The van der Waals surface area contributed by atoms with Crippen molar-refractivity contribution in [2.24, 2.45) is 5.73 Å². The van der Waals surface area contributed by atoms with Gasteiger partial charge in [-0.3, -0.25) is 9.59 Å². The molecule has 0 saturated heterocycles. The Labute approximate surface area is 128 Å². The Morgan fingerprint density at radius 3 is 2.76 bits per heavy atom. The minimum atomic E-state index is -0.597. The number of carbonyl (C=O) groups excluding carboxylic acids is 2. The number of hydrogen-bond donors (Lipinski definition) is 3. The third kappa shape index (κ3) is 3.96. The van der Waals surface area contributed by atoms with Gasteiger partial charge in [-0.15, -0.1) is 23.1 Å². The van der Waals surface area contributed by atoms with Crippen LogP contribution in [-0.2, 0) is 4.79 Å². The number of halogens is 1. The minimum Gasteiger partial charge on any atom is -0.396 e. The van der Waals surface area contributed by atoms with Gasteiger partial charge in [-0.2, -0.15) is 0 Å². The fourth-order valence-corrected chi connectivity index (χ4v) is 3.04. The summed E-state index contributed by atoms with van der Waals surface area (Å²) in [6.07, 6.45) is 0. The summed E-state index contributed by atoms with van der Waals surface area (Å²) in [7, 11) is 0. The predicted molar refractivity (Wildman–Crippen MR) is 83.0 cm³/mol. The van der Waals surface area contributed by atoms with Crippen LogP contribution in [0.2, 0.25) is 0 Å². The highest BCUT2D eigenvalue weighted by molar-refractivity contribution is 8.00. The number of thiophene rings is 1. The molecular weight excluding hydrogens is 313 g/mol. The summed E-state index contributed by atoms with van der Waals surface area (Å²) >= 11 is 2.38. The molecule has 0 spiro atoms. The molecule has 2 rings (SSSR count). The molecule has 0 fully saturated rings. The van der Waals surface area contributed by atoms with Crippen LogP contribution in [0, 0.1) is 5.82 Å². The average molecular weight is 325 g/mol. The molecule has 5 N–H and O–H groups in total. The van der Waals surface area contributed by atoms with Crippen molar-refractivity contribution >= 4 is 45.6 Å². The number of anilines is 2. The van der Waals surface area contributed by atoms with Crippen molar-refractivity contribution in [2.45, 2.75) is 4.90 Å². The van der Waals surface area contributed by atoms with Gasteiger partial charge >= 0.3 is 0 Å². The SMILES string of the molecule is NC(=O)c1ccsc1NC(=O)CSc1ccc(N)c(F)c1. The predicted octanol–water partition coefficient (Wildman–Crippen LogP) is 2.30. The third-order valence-electron chi connectivity index (χ3n) is 2.53. The molecule has 0 saturated carbocycles. The van der Waals surface area contributed by atoms with Crippen molar-refractivity contribution in [3.05, 3.63) is 41.0 Å². The van der Waals surface area contributed by atoms with E-state index in [0.717, 1.165) is 0 Å². The van der Waals surface area contributed by atoms with Gasteiger partial charge < -0.3 is 16.8 Å². The van der Waals surface area contributed by atoms with E-state index in [9.17, 15) is 14.0 Å². The number of nitrogens with one attached hydrogen (secondary N) is 1. The van der Waals surface area contributed by atoms with E-state index in [1.165, 1.54) is 35.2 Å². The molecule has 21 heavy (non-hydrogen) atoms. The molecule has 0 aliphatic carbocycles. The standard InChI is InChI=1S/C13H12FN3O2S2/c14-9-5-7(1-2-10(9)15)21-6-11(18)17-13-8(12(16)19)3-4-20-13/h1-5H,6,15H2,(H2,16,19)(H,17,18). The van der Waals surface area contributed by atoms with Crippen LogP contribution in [0.25, 0.3) is 0 Å². The van der Waals surface area contributed by atoms with E-state index in [2.05, 4.69) is 5.32 Å². The van der Waals surface area contributed by atoms with E-state index in [4.69, 9.17) is 11.5 Å². The molecular formula is C13H12FN3O2S2. The molecule has 0 aliphatic heterocycles. The largest absolute Gasteiger partial charge is 0.396 e. The first-order valence-corrected chi connectivity index (χ1v) is 7.69. The Morgan fingerprint density at radius 1 is 1.33 bits per heavy atom. The second kappa shape index (κ2) is 6.59. The normalized spacial score (nSPS) is 10.3. The molecule has 0 radical (unpaired) electrons. The van der Waals surface area contributed by atoms with Gasteiger partial charge in [-0.25, -0.2) is 4.39 Å². The van der Waals surface area contributed by atoms with E-state index >= 15 is 0 Å². The van der Waals surface area contributed by atoms with Crippen LogP contribution in [0.15, 0.2) is 34.5 Å². The van der Waals surface area contributed by atoms with Crippen molar-refractivity contribution in [1.29, 1.82) is 0 Å². The zero-order valence-electron chi connectivity index (χ0n) is 10.8. The maximum Gasteiger partial charge on any atom is 0.251 e. The zero-order valence-corrected chi connectivity index (χ0v) is 12.4. The highest BCUT2D eigenvalue weighted by Crippen LogP contribution is 2.25. The lowest BCUT2D eigenvalue weighted by atomic mass is 10.3. The van der Waals surface area contributed by atoms with Crippen molar-refractivity contribution < 1.29 is 14.0 Å². The number of rotatable bonds is 5. The molecule has 0 atom stereocenters. The van der Waals surface area contributed by atoms with Gasteiger partial charge in [-0.05, 0) is 29.6 Å². The first-order chi connectivity index (χ1) is 9.97. The first-order valence-electron chi connectivity index (χ1n) is 5.82. The van der Waals surface area contributed by atoms with E-state index in [0.29, 0.717) is 9.90 Å². The summed E-state index contributed by atoms with van der Waals surface area (Å²) in [5, 5.41) is 4.69. The van der Waals surface area contributed by atoms with Crippen LogP contribution < -0.4 is 16.8 Å². The quantitative estimate of drug-likeness (QED) is 0.580. The number of carbonyl (C=O) groups is 2. The maximum atomic E-state index is 13.3. The summed E-state index contributed by atoms with van der Waals surface area (Å²) in [6.45, 7) is 0. The summed E-state index contributed by atoms with van der Waals surface area (Å²) in [5.74, 6) is -1.34. The number of primary amides is 1. The van der Waals surface area contributed by atoms with Crippen molar-refractivity contribution in [1.82, 2.24) is 0 Å². The van der Waals surface area contributed by atoms with Crippen molar-refractivity contribution in [3.8, 4) is 0 Å². The molecule has 0 aliphatic rings. The second-order valence-electron chi connectivity index (χ2n) is 4.05. The van der Waals surface area contributed by atoms with Gasteiger partial charge in [0, 0.05) is 4.90 Å². The van der Waals surface area contributed by atoms with Crippen LogP contribution in [0.4, 0.5) is 15.1 Å². The van der Waals surface area contributed by atoms with Crippen LogP contribution in [0.5, 0.6) is 0 Å². The Kier molecular flexibility index (Phi) is 4.81. The highest BCUT2D eigenvalue weighted by atomic mass is 32.2. The monoisotopic (exact) mass is 325 g/mol. The van der Waals surface area contributed by atoms with E-state index < -0.39 is 11.7 Å². The van der Waals surface area contributed by atoms with Gasteiger partial charge in [0.05, 0.1) is 17.0 Å². The Balaban J connectivity index is 1.94. The maximum absolute atomic E-state index is 13.3. The fourth-order valence-electron chi connectivity index (χ4n) is 1.51. The van der Waals surface area contributed by atoms with E-state index in [1.54, 1.807) is 17.5 Å². The van der Waals surface area contributed by atoms with Crippen molar-refractivity contribution in [3.63, 3.8) is 0 Å². The number of nitrogen functional groups attached to an aromatic ring is 1. The summed E-state index contributed by atoms with van der Waals surface area (Å²) in [5.41, 5.74) is 10.9. The molecule has 2 amide bonds. The fraction of sp³-hybridized carbons (Fsp3) is 0.0769. The molecule has 1 aromatic heterocycles. The number of amides is 2. The average Bonchev–Trinajstić information content (AvgIpc) is 2.88. The summed E-state index contributed by atoms with van der Waals surface area (Å²) in [6, 6.07) is 5.90. The molecule has 2 aromatic rings. The molecule has 1 heterocycles. The summed E-state index contributed by atoms with van der Waals surface area (Å²) < 4.78 is 13.3. The Hall–Kier alpha value is -2.06. The lowest BCUT2D eigenvalue weighted by molar-refractivity contribution is -0.113. The number of benzene rings is 1. The van der Waals surface area contributed by atoms with Gasteiger partial charge in [0.2, 0.25) is 5.91 Å². The van der Waals surface area contributed by atoms with Crippen molar-refractivity contribution in [2.75, 3.05) is 16.8 Å².